The molecule has 0 unspecified atom stereocenters. The Bertz CT molecular complexity index is 739. The van der Waals surface area contributed by atoms with E-state index in [2.05, 4.69) is 10.2 Å². The lowest BCUT2D eigenvalue weighted by atomic mass is 9.95. The summed E-state index contributed by atoms with van der Waals surface area (Å²) in [7, 11) is 0. The number of piperidine rings is 1. The maximum Gasteiger partial charge on any atom is 0.248 e. The van der Waals surface area contributed by atoms with Gasteiger partial charge >= 0.3 is 0 Å². The topological polar surface area (TPSA) is 61.9 Å². The van der Waals surface area contributed by atoms with Crippen LogP contribution in [0.15, 0.2) is 36.4 Å². The Balaban J connectivity index is 1.18. The summed E-state index contributed by atoms with van der Waals surface area (Å²) in [6, 6.07) is 9.73. The predicted molar refractivity (Wildman–Crippen MR) is 117 cm³/mol. The Kier molecular flexibility index (Phi) is 7.18. The molecule has 1 aromatic rings. The van der Waals surface area contributed by atoms with Crippen LogP contribution in [0.4, 0.5) is 0 Å². The lowest BCUT2D eigenvalue weighted by Gasteiger charge is -2.38. The maximum absolute atomic E-state index is 12.3. The van der Waals surface area contributed by atoms with Crippen molar-refractivity contribution in [3.8, 4) is 0 Å². The van der Waals surface area contributed by atoms with Gasteiger partial charge in [0.2, 0.25) is 11.8 Å². The lowest BCUT2D eigenvalue weighted by molar-refractivity contribution is -0.149. The van der Waals surface area contributed by atoms with Crippen LogP contribution in [-0.4, -0.2) is 73.6 Å². The second-order valence-corrected chi connectivity index (χ2v) is 8.91. The molecule has 2 heterocycles. The monoisotopic (exact) mass is 411 g/mol. The van der Waals surface area contributed by atoms with E-state index < -0.39 is 0 Å². The van der Waals surface area contributed by atoms with E-state index in [4.69, 9.17) is 4.74 Å². The number of ether oxygens (including phenoxy) is 1. The number of likely N-dealkylation sites (tertiary alicyclic amines) is 1. The summed E-state index contributed by atoms with van der Waals surface area (Å²) in [6.45, 7) is 5.49. The van der Waals surface area contributed by atoms with Gasteiger partial charge in [-0.05, 0) is 62.2 Å². The van der Waals surface area contributed by atoms with Crippen molar-refractivity contribution in [3.63, 3.8) is 0 Å². The van der Waals surface area contributed by atoms with Gasteiger partial charge in [-0.25, -0.2) is 0 Å². The number of hydrogen-bond donors (Lipinski definition) is 1. The van der Waals surface area contributed by atoms with Crippen LogP contribution in [0.5, 0.6) is 0 Å². The third-order valence-corrected chi connectivity index (χ3v) is 6.35. The number of nitrogens with zero attached hydrogens (tertiary/aromatic N) is 2. The van der Waals surface area contributed by atoms with Gasteiger partial charge in [-0.1, -0.05) is 30.3 Å². The van der Waals surface area contributed by atoms with E-state index in [1.807, 2.05) is 35.2 Å². The first-order valence-electron chi connectivity index (χ1n) is 11.3. The van der Waals surface area contributed by atoms with Crippen LogP contribution < -0.4 is 5.32 Å². The number of carbonyl (C=O) groups excluding carboxylic acids is 2. The Morgan fingerprint density at radius 3 is 2.53 bits per heavy atom. The van der Waals surface area contributed by atoms with Gasteiger partial charge in [0.15, 0.2) is 0 Å². The van der Waals surface area contributed by atoms with Crippen LogP contribution in [0.1, 0.15) is 31.2 Å². The maximum atomic E-state index is 12.3. The highest BCUT2D eigenvalue weighted by Crippen LogP contribution is 2.31. The molecule has 1 aliphatic carbocycles. The van der Waals surface area contributed by atoms with Gasteiger partial charge in [-0.2, -0.15) is 0 Å². The molecular weight excluding hydrogens is 378 g/mol. The highest BCUT2D eigenvalue weighted by atomic mass is 16.5. The van der Waals surface area contributed by atoms with Gasteiger partial charge in [0.1, 0.15) is 6.61 Å². The number of hydrogen-bond acceptors (Lipinski definition) is 4. The van der Waals surface area contributed by atoms with Gasteiger partial charge in [0.05, 0.1) is 6.10 Å². The molecule has 162 valence electrons. The van der Waals surface area contributed by atoms with E-state index in [1.54, 1.807) is 6.08 Å². The molecule has 1 atom stereocenters. The zero-order valence-electron chi connectivity index (χ0n) is 17.7. The first kappa shape index (κ1) is 21.1. The van der Waals surface area contributed by atoms with E-state index in [-0.39, 0.29) is 24.5 Å². The van der Waals surface area contributed by atoms with Crippen molar-refractivity contribution < 1.29 is 14.3 Å². The van der Waals surface area contributed by atoms with Crippen molar-refractivity contribution in [1.82, 2.24) is 15.1 Å². The highest BCUT2D eigenvalue weighted by Gasteiger charge is 2.31. The van der Waals surface area contributed by atoms with E-state index in [0.717, 1.165) is 31.1 Å². The second-order valence-electron chi connectivity index (χ2n) is 8.91. The molecule has 2 amide bonds. The van der Waals surface area contributed by atoms with Gasteiger partial charge in [0, 0.05) is 32.3 Å². The Hall–Kier alpha value is -2.18. The molecule has 30 heavy (non-hydrogen) atoms. The van der Waals surface area contributed by atoms with Gasteiger partial charge in [-0.3, -0.25) is 9.59 Å². The molecule has 3 aliphatic rings. The molecule has 4 rings (SSSR count). The van der Waals surface area contributed by atoms with E-state index in [9.17, 15) is 9.59 Å². The van der Waals surface area contributed by atoms with Crippen molar-refractivity contribution in [1.29, 1.82) is 0 Å². The Morgan fingerprint density at radius 2 is 1.80 bits per heavy atom. The fourth-order valence-electron chi connectivity index (χ4n) is 4.32. The summed E-state index contributed by atoms with van der Waals surface area (Å²) in [6.07, 6.45) is 8.34. The van der Waals surface area contributed by atoms with Gasteiger partial charge < -0.3 is 19.9 Å². The minimum Gasteiger partial charge on any atom is -0.365 e. The number of nitrogens with one attached hydrogen (secondary N) is 1. The Morgan fingerprint density at radius 1 is 1.07 bits per heavy atom. The molecule has 2 saturated heterocycles. The fourth-order valence-corrected chi connectivity index (χ4v) is 4.32. The number of amides is 2. The highest BCUT2D eigenvalue weighted by molar-refractivity contribution is 5.91. The number of benzene rings is 1. The van der Waals surface area contributed by atoms with Crippen LogP contribution in [0.3, 0.4) is 0 Å². The lowest BCUT2D eigenvalue weighted by Crippen LogP contribution is -2.52. The molecule has 0 spiro atoms. The second kappa shape index (κ2) is 10.2. The van der Waals surface area contributed by atoms with E-state index in [0.29, 0.717) is 19.0 Å². The summed E-state index contributed by atoms with van der Waals surface area (Å²) >= 11 is 0. The Labute approximate surface area is 179 Å². The molecule has 1 saturated carbocycles. The average molecular weight is 412 g/mol. The van der Waals surface area contributed by atoms with Gasteiger partial charge in [-0.15, -0.1) is 0 Å². The van der Waals surface area contributed by atoms with Crippen molar-refractivity contribution in [3.05, 3.63) is 42.0 Å². The normalized spacial score (nSPS) is 23.8. The van der Waals surface area contributed by atoms with Gasteiger partial charge in [0.25, 0.3) is 0 Å². The van der Waals surface area contributed by atoms with Crippen LogP contribution >= 0.6 is 0 Å². The van der Waals surface area contributed by atoms with Crippen LogP contribution in [0, 0.1) is 11.8 Å². The number of morpholine rings is 1. The predicted octanol–water partition coefficient (Wildman–Crippen LogP) is 2.17. The van der Waals surface area contributed by atoms with Crippen molar-refractivity contribution in [2.45, 2.75) is 31.8 Å². The first-order chi connectivity index (χ1) is 14.7. The van der Waals surface area contributed by atoms with Crippen molar-refractivity contribution >= 4 is 17.9 Å². The largest absolute Gasteiger partial charge is 0.365 e. The van der Waals surface area contributed by atoms with E-state index >= 15 is 0 Å². The first-order valence-corrected chi connectivity index (χ1v) is 11.3. The standard InChI is InChI=1S/C24H33N3O3/c28-23(9-8-19-4-2-1-3-5-19)25-14-22-17-27(24(29)18-30-22)16-21-10-12-26(13-11-21)15-20-6-7-20/h1-5,8-9,20-22H,6-7,10-18H2,(H,25,28)/b9-8+/t22-/m1/s1. The smallest absolute Gasteiger partial charge is 0.248 e. The molecular formula is C24H33N3O3. The molecule has 0 aromatic heterocycles. The van der Waals surface area contributed by atoms with E-state index in [1.165, 1.54) is 38.3 Å². The zero-order valence-corrected chi connectivity index (χ0v) is 17.7. The molecule has 0 radical (unpaired) electrons. The molecule has 3 fully saturated rings. The van der Waals surface area contributed by atoms with Crippen molar-refractivity contribution in [2.75, 3.05) is 45.9 Å². The van der Waals surface area contributed by atoms with Crippen LogP contribution in [-0.2, 0) is 14.3 Å². The summed E-state index contributed by atoms with van der Waals surface area (Å²) in [4.78, 5) is 29.0. The summed E-state index contributed by atoms with van der Waals surface area (Å²) in [5.74, 6) is 1.45. The minimum absolute atomic E-state index is 0.0713. The third-order valence-electron chi connectivity index (χ3n) is 6.35. The number of carbonyl (C=O) groups is 2. The summed E-state index contributed by atoms with van der Waals surface area (Å²) < 4.78 is 5.65. The summed E-state index contributed by atoms with van der Waals surface area (Å²) in [5.41, 5.74) is 0.988. The molecule has 2 aliphatic heterocycles. The third kappa shape index (κ3) is 6.41. The molecule has 1 N–H and O–H groups in total. The quantitative estimate of drug-likeness (QED) is 0.666. The SMILES string of the molecule is O=C(/C=C/c1ccccc1)NC[C@@H]1CN(CC2CCN(CC3CC3)CC2)C(=O)CO1. The average Bonchev–Trinajstić information content (AvgIpc) is 3.59. The fraction of sp³-hybridized carbons (Fsp3) is 0.583. The molecule has 6 nitrogen and oxygen atoms in total. The zero-order chi connectivity index (χ0) is 20.8. The van der Waals surface area contributed by atoms with Crippen LogP contribution in [0.25, 0.3) is 6.08 Å². The van der Waals surface area contributed by atoms with Crippen molar-refractivity contribution in [2.24, 2.45) is 11.8 Å². The number of rotatable bonds is 8. The summed E-state index contributed by atoms with van der Waals surface area (Å²) in [5, 5.41) is 2.90. The van der Waals surface area contributed by atoms with Crippen LogP contribution in [0.2, 0.25) is 0 Å². The molecule has 6 heteroatoms. The molecule has 0 bridgehead atoms. The molecule has 1 aromatic carbocycles. The minimum atomic E-state index is -0.147.